The molecule has 0 fully saturated rings. The summed E-state index contributed by atoms with van der Waals surface area (Å²) in [5.41, 5.74) is 0.599. The standard InChI is InChI=1S/C11H7Cl2NO3/c12-7-3-6-9(4-8(7)13)14-2-1-10(6)17-5-11(15)16/h1-4H,5H2,(H,15,16). The molecule has 0 bridgehead atoms. The molecule has 0 radical (unpaired) electrons. The van der Waals surface area contributed by atoms with Gasteiger partial charge in [0, 0.05) is 11.6 Å². The maximum absolute atomic E-state index is 10.4. The molecule has 2 aromatic rings. The van der Waals surface area contributed by atoms with Gasteiger partial charge in [0.1, 0.15) is 5.75 Å². The second-order valence-corrected chi connectivity index (χ2v) is 4.09. The molecule has 2 rings (SSSR count). The number of rotatable bonds is 3. The van der Waals surface area contributed by atoms with Crippen molar-refractivity contribution in [3.63, 3.8) is 0 Å². The SMILES string of the molecule is O=C(O)COc1ccnc2cc(Cl)c(Cl)cc12. The molecule has 0 saturated carbocycles. The Labute approximate surface area is 107 Å². The van der Waals surface area contributed by atoms with Gasteiger partial charge in [0.2, 0.25) is 0 Å². The predicted molar refractivity (Wildman–Crippen MR) is 64.9 cm³/mol. The maximum Gasteiger partial charge on any atom is 0.341 e. The van der Waals surface area contributed by atoms with Crippen LogP contribution in [0.15, 0.2) is 24.4 Å². The molecule has 0 aliphatic rings. The molecule has 1 heterocycles. The van der Waals surface area contributed by atoms with E-state index in [-0.39, 0.29) is 0 Å². The zero-order valence-corrected chi connectivity index (χ0v) is 10.00. The van der Waals surface area contributed by atoms with Gasteiger partial charge in [-0.15, -0.1) is 0 Å². The molecule has 1 N–H and O–H groups in total. The smallest absolute Gasteiger partial charge is 0.341 e. The molecule has 0 atom stereocenters. The van der Waals surface area contributed by atoms with Crippen molar-refractivity contribution in [1.29, 1.82) is 0 Å². The minimum Gasteiger partial charge on any atom is -0.481 e. The first-order chi connectivity index (χ1) is 8.08. The number of halogens is 2. The van der Waals surface area contributed by atoms with Gasteiger partial charge in [0.05, 0.1) is 15.6 Å². The second kappa shape index (κ2) is 4.77. The number of carboxylic acid groups (broad SMARTS) is 1. The van der Waals surface area contributed by atoms with Crippen LogP contribution in [0.25, 0.3) is 10.9 Å². The highest BCUT2D eigenvalue weighted by Crippen LogP contribution is 2.31. The summed E-state index contributed by atoms with van der Waals surface area (Å²) in [4.78, 5) is 14.5. The van der Waals surface area contributed by atoms with Crippen LogP contribution in [-0.4, -0.2) is 22.7 Å². The molecule has 1 aromatic heterocycles. The molecule has 0 aliphatic heterocycles. The zero-order valence-electron chi connectivity index (χ0n) is 8.48. The van der Waals surface area contributed by atoms with Crippen LogP contribution < -0.4 is 4.74 Å². The molecule has 1 aromatic carbocycles. The third kappa shape index (κ3) is 2.60. The number of carboxylic acids is 1. The van der Waals surface area contributed by atoms with Crippen LogP contribution in [0, 0.1) is 0 Å². The topological polar surface area (TPSA) is 59.4 Å². The average molecular weight is 272 g/mol. The van der Waals surface area contributed by atoms with Crippen molar-refractivity contribution < 1.29 is 14.6 Å². The van der Waals surface area contributed by atoms with Gasteiger partial charge in [-0.2, -0.15) is 0 Å². The summed E-state index contributed by atoms with van der Waals surface area (Å²) >= 11 is 11.8. The molecular formula is C11H7Cl2NO3. The number of benzene rings is 1. The summed E-state index contributed by atoms with van der Waals surface area (Å²) in [5.74, 6) is -0.633. The minimum atomic E-state index is -1.05. The number of carbonyl (C=O) groups is 1. The number of fused-ring (bicyclic) bond motifs is 1. The van der Waals surface area contributed by atoms with Gasteiger partial charge >= 0.3 is 5.97 Å². The normalized spacial score (nSPS) is 10.5. The summed E-state index contributed by atoms with van der Waals surface area (Å²) in [6.45, 7) is -0.417. The van der Waals surface area contributed by atoms with Gasteiger partial charge < -0.3 is 9.84 Å². The van der Waals surface area contributed by atoms with Crippen molar-refractivity contribution in [3.05, 3.63) is 34.4 Å². The molecular weight excluding hydrogens is 265 g/mol. The van der Waals surface area contributed by atoms with E-state index in [1.54, 1.807) is 18.2 Å². The van der Waals surface area contributed by atoms with Crippen LogP contribution in [0.3, 0.4) is 0 Å². The third-order valence-electron chi connectivity index (χ3n) is 2.09. The van der Waals surface area contributed by atoms with Gasteiger partial charge in [-0.1, -0.05) is 23.2 Å². The van der Waals surface area contributed by atoms with E-state index < -0.39 is 12.6 Å². The van der Waals surface area contributed by atoms with E-state index in [9.17, 15) is 4.79 Å². The summed E-state index contributed by atoms with van der Waals surface area (Å²) in [6.07, 6.45) is 1.52. The highest BCUT2D eigenvalue weighted by Gasteiger charge is 2.08. The number of nitrogens with zero attached hydrogens (tertiary/aromatic N) is 1. The van der Waals surface area contributed by atoms with E-state index in [1.165, 1.54) is 6.20 Å². The molecule has 4 nitrogen and oxygen atoms in total. The molecule has 0 amide bonds. The molecule has 0 aliphatic carbocycles. The lowest BCUT2D eigenvalue weighted by atomic mass is 10.2. The fourth-order valence-electron chi connectivity index (χ4n) is 1.38. The number of aromatic nitrogens is 1. The molecule has 0 spiro atoms. The van der Waals surface area contributed by atoms with Gasteiger partial charge in [0.25, 0.3) is 0 Å². The third-order valence-corrected chi connectivity index (χ3v) is 2.82. The van der Waals surface area contributed by atoms with E-state index in [2.05, 4.69) is 4.98 Å². The van der Waals surface area contributed by atoms with Crippen molar-refractivity contribution in [2.75, 3.05) is 6.61 Å². The van der Waals surface area contributed by atoms with E-state index in [0.717, 1.165) is 0 Å². The second-order valence-electron chi connectivity index (χ2n) is 3.27. The molecule has 17 heavy (non-hydrogen) atoms. The predicted octanol–water partition coefficient (Wildman–Crippen LogP) is 3.01. The van der Waals surface area contributed by atoms with Crippen LogP contribution in [0.5, 0.6) is 5.75 Å². The van der Waals surface area contributed by atoms with Crippen LogP contribution in [0.2, 0.25) is 10.0 Å². The van der Waals surface area contributed by atoms with Crippen molar-refractivity contribution in [3.8, 4) is 5.75 Å². The van der Waals surface area contributed by atoms with Gasteiger partial charge in [0.15, 0.2) is 6.61 Å². The van der Waals surface area contributed by atoms with Crippen LogP contribution in [-0.2, 0) is 4.79 Å². The molecule has 88 valence electrons. The molecule has 0 saturated heterocycles. The Bertz CT molecular complexity index is 586. The van der Waals surface area contributed by atoms with E-state index in [0.29, 0.717) is 26.7 Å². The Morgan fingerprint density at radius 1 is 1.35 bits per heavy atom. The Morgan fingerprint density at radius 2 is 2.06 bits per heavy atom. The Morgan fingerprint density at radius 3 is 2.76 bits per heavy atom. The summed E-state index contributed by atoms with van der Waals surface area (Å²) in [5, 5.41) is 9.94. The number of hydrogen-bond acceptors (Lipinski definition) is 3. The van der Waals surface area contributed by atoms with Gasteiger partial charge in [-0.25, -0.2) is 4.79 Å². The highest BCUT2D eigenvalue weighted by molar-refractivity contribution is 6.42. The Hall–Kier alpha value is -1.52. The number of aliphatic carboxylic acids is 1. The van der Waals surface area contributed by atoms with Gasteiger partial charge in [-0.3, -0.25) is 4.98 Å². The molecule has 6 heteroatoms. The average Bonchev–Trinajstić information content (AvgIpc) is 2.28. The Balaban J connectivity index is 2.49. The number of ether oxygens (including phenoxy) is 1. The maximum atomic E-state index is 10.4. The largest absolute Gasteiger partial charge is 0.481 e. The van der Waals surface area contributed by atoms with Crippen molar-refractivity contribution in [2.45, 2.75) is 0 Å². The summed E-state index contributed by atoms with van der Waals surface area (Å²) < 4.78 is 5.13. The lowest BCUT2D eigenvalue weighted by Crippen LogP contribution is -2.09. The Kier molecular flexibility index (Phi) is 3.36. The minimum absolute atomic E-state index is 0.368. The zero-order chi connectivity index (χ0) is 12.4. The van der Waals surface area contributed by atoms with Crippen molar-refractivity contribution in [1.82, 2.24) is 4.98 Å². The summed E-state index contributed by atoms with van der Waals surface area (Å²) in [7, 11) is 0. The first kappa shape index (κ1) is 12.0. The lowest BCUT2D eigenvalue weighted by molar-refractivity contribution is -0.139. The van der Waals surface area contributed by atoms with Crippen LogP contribution in [0.1, 0.15) is 0 Å². The lowest BCUT2D eigenvalue weighted by Gasteiger charge is -2.07. The monoisotopic (exact) mass is 271 g/mol. The van der Waals surface area contributed by atoms with Crippen molar-refractivity contribution >= 4 is 40.1 Å². The van der Waals surface area contributed by atoms with E-state index in [4.69, 9.17) is 33.0 Å². The quantitative estimate of drug-likeness (QED) is 0.933. The first-order valence-corrected chi connectivity index (χ1v) is 5.42. The van der Waals surface area contributed by atoms with Gasteiger partial charge in [-0.05, 0) is 18.2 Å². The van der Waals surface area contributed by atoms with Crippen LogP contribution in [0.4, 0.5) is 0 Å². The van der Waals surface area contributed by atoms with E-state index >= 15 is 0 Å². The van der Waals surface area contributed by atoms with Crippen molar-refractivity contribution in [2.24, 2.45) is 0 Å². The number of hydrogen-bond donors (Lipinski definition) is 1. The number of pyridine rings is 1. The fourth-order valence-corrected chi connectivity index (χ4v) is 1.70. The van der Waals surface area contributed by atoms with E-state index in [1.807, 2.05) is 0 Å². The highest BCUT2D eigenvalue weighted by atomic mass is 35.5. The van der Waals surface area contributed by atoms with Crippen LogP contribution >= 0.6 is 23.2 Å². The summed E-state index contributed by atoms with van der Waals surface area (Å²) in [6, 6.07) is 4.78. The molecule has 0 unspecified atom stereocenters. The fraction of sp³-hybridized carbons (Fsp3) is 0.0909. The first-order valence-electron chi connectivity index (χ1n) is 4.66.